The zero-order valence-corrected chi connectivity index (χ0v) is 19.4. The Morgan fingerprint density at radius 2 is 1.94 bits per heavy atom. The van der Waals surface area contributed by atoms with E-state index in [4.69, 9.17) is 9.72 Å². The number of anilines is 1. The Labute approximate surface area is 190 Å². The minimum atomic E-state index is -3.47. The van der Waals surface area contributed by atoms with Gasteiger partial charge in [-0.15, -0.1) is 0 Å². The van der Waals surface area contributed by atoms with Crippen molar-refractivity contribution in [3.05, 3.63) is 30.3 Å². The number of rotatable bonds is 7. The minimum absolute atomic E-state index is 0.0556. The molecule has 0 saturated carbocycles. The third kappa shape index (κ3) is 5.05. The summed E-state index contributed by atoms with van der Waals surface area (Å²) >= 11 is 0. The largest absolute Gasteiger partial charge is 0.383 e. The van der Waals surface area contributed by atoms with Crippen molar-refractivity contribution in [2.75, 3.05) is 51.3 Å². The normalized spacial score (nSPS) is 20.4. The van der Waals surface area contributed by atoms with Gasteiger partial charge in [0.1, 0.15) is 5.82 Å². The van der Waals surface area contributed by atoms with E-state index in [9.17, 15) is 13.2 Å². The summed E-state index contributed by atoms with van der Waals surface area (Å²) in [5.74, 6) is 0.800. The molecule has 174 valence electrons. The maximum Gasteiger partial charge on any atom is 0.243 e. The van der Waals surface area contributed by atoms with Crippen LogP contribution in [0.3, 0.4) is 0 Å². The highest BCUT2D eigenvalue weighted by Gasteiger charge is 2.28. The summed E-state index contributed by atoms with van der Waals surface area (Å²) in [5.41, 5.74) is 0.756. The fraction of sp³-hybridized carbons (Fsp3) is 0.565. The van der Waals surface area contributed by atoms with Gasteiger partial charge < -0.3 is 15.0 Å². The van der Waals surface area contributed by atoms with Gasteiger partial charge in [0.2, 0.25) is 15.9 Å². The number of amides is 1. The predicted molar refractivity (Wildman–Crippen MR) is 124 cm³/mol. The van der Waals surface area contributed by atoms with Crippen LogP contribution < -0.4 is 10.2 Å². The number of nitrogens with one attached hydrogen (secondary N) is 1. The first kappa shape index (κ1) is 22.9. The summed E-state index contributed by atoms with van der Waals surface area (Å²) < 4.78 is 32.6. The van der Waals surface area contributed by atoms with Gasteiger partial charge in [0.05, 0.1) is 22.9 Å². The molecule has 3 heterocycles. The van der Waals surface area contributed by atoms with E-state index in [1.54, 1.807) is 29.6 Å². The number of pyridine rings is 1. The van der Waals surface area contributed by atoms with Crippen LogP contribution in [0, 0.1) is 5.92 Å². The highest BCUT2D eigenvalue weighted by Crippen LogP contribution is 2.27. The van der Waals surface area contributed by atoms with Crippen LogP contribution in [0.15, 0.2) is 35.2 Å². The van der Waals surface area contributed by atoms with Crippen molar-refractivity contribution in [2.45, 2.75) is 37.0 Å². The molecule has 0 radical (unpaired) electrons. The van der Waals surface area contributed by atoms with Crippen LogP contribution in [0.4, 0.5) is 5.82 Å². The van der Waals surface area contributed by atoms with Gasteiger partial charge in [0.25, 0.3) is 0 Å². The average molecular weight is 461 g/mol. The van der Waals surface area contributed by atoms with Gasteiger partial charge in [-0.05, 0) is 56.0 Å². The lowest BCUT2D eigenvalue weighted by Gasteiger charge is -2.33. The zero-order valence-electron chi connectivity index (χ0n) is 18.6. The van der Waals surface area contributed by atoms with E-state index in [0.29, 0.717) is 37.7 Å². The average Bonchev–Trinajstić information content (AvgIpc) is 2.84. The molecular formula is C23H32N4O4S. The summed E-state index contributed by atoms with van der Waals surface area (Å²) in [6.07, 6.45) is 4.70. The van der Waals surface area contributed by atoms with Gasteiger partial charge in [0.15, 0.2) is 0 Å². The zero-order chi connectivity index (χ0) is 22.6. The lowest BCUT2D eigenvalue weighted by Crippen LogP contribution is -2.44. The summed E-state index contributed by atoms with van der Waals surface area (Å²) in [6.45, 7) is 3.67. The number of nitrogens with zero attached hydrogens (tertiary/aromatic N) is 3. The molecule has 2 aliphatic heterocycles. The molecule has 32 heavy (non-hydrogen) atoms. The summed E-state index contributed by atoms with van der Waals surface area (Å²) in [7, 11) is -1.85. The molecule has 1 N–H and O–H groups in total. The van der Waals surface area contributed by atoms with Gasteiger partial charge in [-0.25, -0.2) is 13.4 Å². The smallest absolute Gasteiger partial charge is 0.243 e. The van der Waals surface area contributed by atoms with Gasteiger partial charge in [-0.1, -0.05) is 6.42 Å². The van der Waals surface area contributed by atoms with Gasteiger partial charge in [-0.3, -0.25) is 4.79 Å². The Kier molecular flexibility index (Phi) is 7.27. The number of carbonyl (C=O) groups is 1. The Bertz CT molecular complexity index is 1050. The van der Waals surface area contributed by atoms with Crippen molar-refractivity contribution >= 4 is 32.7 Å². The number of ether oxygens (including phenoxy) is 1. The highest BCUT2D eigenvalue weighted by molar-refractivity contribution is 7.89. The van der Waals surface area contributed by atoms with Crippen molar-refractivity contribution < 1.29 is 17.9 Å². The van der Waals surface area contributed by atoms with E-state index in [-0.39, 0.29) is 11.8 Å². The van der Waals surface area contributed by atoms with E-state index in [1.807, 2.05) is 12.1 Å². The SMILES string of the molecule is COCCNC(=O)C1CCCN(c2ccc3cc(S(=O)(=O)N4CCCCC4)ccc3n2)C1. The Hall–Kier alpha value is -2.23. The molecule has 2 aromatic rings. The Morgan fingerprint density at radius 3 is 2.72 bits per heavy atom. The molecule has 0 bridgehead atoms. The molecule has 2 saturated heterocycles. The van der Waals surface area contributed by atoms with Crippen LogP contribution in [-0.4, -0.2) is 70.1 Å². The summed E-state index contributed by atoms with van der Waals surface area (Å²) in [4.78, 5) is 19.7. The van der Waals surface area contributed by atoms with Gasteiger partial charge in [0, 0.05) is 45.2 Å². The van der Waals surface area contributed by atoms with Crippen molar-refractivity contribution in [1.29, 1.82) is 0 Å². The van der Waals surface area contributed by atoms with Crippen LogP contribution in [0.1, 0.15) is 32.1 Å². The maximum absolute atomic E-state index is 13.0. The monoisotopic (exact) mass is 460 g/mol. The molecule has 1 aromatic heterocycles. The van der Waals surface area contributed by atoms with Gasteiger partial charge in [-0.2, -0.15) is 4.31 Å². The Morgan fingerprint density at radius 1 is 1.12 bits per heavy atom. The fourth-order valence-corrected chi connectivity index (χ4v) is 6.06. The minimum Gasteiger partial charge on any atom is -0.383 e. The third-order valence-corrected chi connectivity index (χ3v) is 8.21. The van der Waals surface area contributed by atoms with Crippen LogP contribution in [-0.2, 0) is 19.6 Å². The lowest BCUT2D eigenvalue weighted by molar-refractivity contribution is -0.125. The first-order chi connectivity index (χ1) is 15.5. The number of hydrogen-bond acceptors (Lipinski definition) is 6. The van der Waals surface area contributed by atoms with Crippen LogP contribution >= 0.6 is 0 Å². The van der Waals surface area contributed by atoms with E-state index >= 15 is 0 Å². The first-order valence-electron chi connectivity index (χ1n) is 11.4. The molecule has 0 spiro atoms. The second-order valence-corrected chi connectivity index (χ2v) is 10.5. The van der Waals surface area contributed by atoms with Crippen molar-refractivity contribution in [2.24, 2.45) is 5.92 Å². The number of sulfonamides is 1. The number of piperidine rings is 2. The van der Waals surface area contributed by atoms with Crippen LogP contribution in [0.25, 0.3) is 10.9 Å². The van der Waals surface area contributed by atoms with Crippen molar-refractivity contribution in [3.63, 3.8) is 0 Å². The first-order valence-corrected chi connectivity index (χ1v) is 12.9. The van der Waals surface area contributed by atoms with Crippen LogP contribution in [0.2, 0.25) is 0 Å². The summed E-state index contributed by atoms with van der Waals surface area (Å²) in [6, 6.07) is 9.01. The Balaban J connectivity index is 1.49. The number of benzene rings is 1. The van der Waals surface area contributed by atoms with E-state index in [0.717, 1.165) is 55.4 Å². The molecule has 2 aliphatic rings. The summed E-state index contributed by atoms with van der Waals surface area (Å²) in [5, 5.41) is 3.73. The number of carbonyl (C=O) groups excluding carboxylic acids is 1. The third-order valence-electron chi connectivity index (χ3n) is 6.32. The predicted octanol–water partition coefficient (Wildman–Crippen LogP) is 2.39. The number of hydrogen-bond donors (Lipinski definition) is 1. The second-order valence-electron chi connectivity index (χ2n) is 8.56. The molecule has 1 atom stereocenters. The van der Waals surface area contributed by atoms with Crippen LogP contribution in [0.5, 0.6) is 0 Å². The molecule has 1 amide bonds. The molecule has 1 unspecified atom stereocenters. The second kappa shape index (κ2) is 10.1. The lowest BCUT2D eigenvalue weighted by atomic mass is 9.97. The van der Waals surface area contributed by atoms with Crippen molar-refractivity contribution in [1.82, 2.24) is 14.6 Å². The molecule has 1 aromatic carbocycles. The molecule has 0 aliphatic carbocycles. The standard InChI is InChI=1S/C23H32N4O4S/c1-31-15-11-24-23(28)19-6-5-12-26(17-19)22-10-7-18-16-20(8-9-21(18)25-22)32(29,30)27-13-3-2-4-14-27/h7-10,16,19H,2-6,11-15,17H2,1H3,(H,24,28). The quantitative estimate of drug-likeness (QED) is 0.638. The molecule has 9 heteroatoms. The van der Waals surface area contributed by atoms with E-state index < -0.39 is 10.0 Å². The van der Waals surface area contributed by atoms with E-state index in [2.05, 4.69) is 10.2 Å². The molecule has 2 fully saturated rings. The van der Waals surface area contributed by atoms with Gasteiger partial charge >= 0.3 is 0 Å². The topological polar surface area (TPSA) is 91.8 Å². The number of methoxy groups -OCH3 is 1. The highest BCUT2D eigenvalue weighted by atomic mass is 32.2. The molecular weight excluding hydrogens is 428 g/mol. The van der Waals surface area contributed by atoms with Crippen molar-refractivity contribution in [3.8, 4) is 0 Å². The number of fused-ring (bicyclic) bond motifs is 1. The van der Waals surface area contributed by atoms with E-state index in [1.165, 1.54) is 0 Å². The fourth-order valence-electron chi connectivity index (χ4n) is 4.50. The molecule has 4 rings (SSSR count). The molecule has 8 nitrogen and oxygen atoms in total. The maximum atomic E-state index is 13.0. The number of aromatic nitrogens is 1.